The summed E-state index contributed by atoms with van der Waals surface area (Å²) in [6, 6.07) is 1.58. The van der Waals surface area contributed by atoms with Crippen molar-refractivity contribution in [2.75, 3.05) is 13.1 Å². The Bertz CT molecular complexity index is 379. The predicted molar refractivity (Wildman–Crippen MR) is 54.6 cm³/mol. The van der Waals surface area contributed by atoms with Gasteiger partial charge in [-0.05, 0) is 5.92 Å². The molecule has 2 N–H and O–H groups in total. The highest BCUT2D eigenvalue weighted by molar-refractivity contribution is 5.11. The number of aromatic amines is 1. The first-order valence-electron chi connectivity index (χ1n) is 4.98. The first-order chi connectivity index (χ1) is 6.66. The Balaban J connectivity index is 2.35. The standard InChI is InChI=1S/C10H15N3O/c1-6(2)8-3-9(14)13-10(12-8)7-4-11-5-7/h3,6-7,11H,4-5H2,1-2H3,(H,12,13,14). The van der Waals surface area contributed by atoms with Crippen LogP contribution in [0.3, 0.4) is 0 Å². The van der Waals surface area contributed by atoms with Crippen LogP contribution in [0.1, 0.15) is 37.2 Å². The Morgan fingerprint density at radius 3 is 2.71 bits per heavy atom. The van der Waals surface area contributed by atoms with Gasteiger partial charge in [0.2, 0.25) is 0 Å². The molecule has 4 heteroatoms. The Labute approximate surface area is 82.8 Å². The third-order valence-electron chi connectivity index (χ3n) is 2.54. The molecule has 1 aromatic rings. The second-order valence-corrected chi connectivity index (χ2v) is 4.07. The Morgan fingerprint density at radius 1 is 1.50 bits per heavy atom. The molecule has 0 atom stereocenters. The lowest BCUT2D eigenvalue weighted by atomic mass is 10.0. The van der Waals surface area contributed by atoms with Gasteiger partial charge in [-0.3, -0.25) is 4.79 Å². The Morgan fingerprint density at radius 2 is 2.21 bits per heavy atom. The zero-order valence-corrected chi connectivity index (χ0v) is 8.50. The topological polar surface area (TPSA) is 57.8 Å². The van der Waals surface area contributed by atoms with E-state index in [1.165, 1.54) is 0 Å². The van der Waals surface area contributed by atoms with Gasteiger partial charge in [-0.1, -0.05) is 13.8 Å². The average molecular weight is 193 g/mol. The number of hydrogen-bond acceptors (Lipinski definition) is 3. The van der Waals surface area contributed by atoms with Gasteiger partial charge in [0, 0.05) is 25.1 Å². The second kappa shape index (κ2) is 3.53. The van der Waals surface area contributed by atoms with Crippen molar-refractivity contribution >= 4 is 0 Å². The molecule has 14 heavy (non-hydrogen) atoms. The molecule has 1 aliphatic rings. The molecule has 4 nitrogen and oxygen atoms in total. The van der Waals surface area contributed by atoms with Crippen LogP contribution < -0.4 is 10.9 Å². The number of hydrogen-bond donors (Lipinski definition) is 2. The van der Waals surface area contributed by atoms with E-state index >= 15 is 0 Å². The summed E-state index contributed by atoms with van der Waals surface area (Å²) in [7, 11) is 0. The quantitative estimate of drug-likeness (QED) is 0.722. The van der Waals surface area contributed by atoms with E-state index in [4.69, 9.17) is 0 Å². The molecule has 0 aromatic carbocycles. The average Bonchev–Trinajstić information content (AvgIpc) is 1.99. The van der Waals surface area contributed by atoms with Crippen LogP contribution in [0.25, 0.3) is 0 Å². The lowest BCUT2D eigenvalue weighted by molar-refractivity contribution is 0.427. The Kier molecular flexibility index (Phi) is 2.37. The minimum Gasteiger partial charge on any atom is -0.315 e. The molecule has 0 bridgehead atoms. The molecule has 2 heterocycles. The van der Waals surface area contributed by atoms with Crippen LogP contribution in [0.15, 0.2) is 10.9 Å². The van der Waals surface area contributed by atoms with E-state index in [2.05, 4.69) is 15.3 Å². The lowest BCUT2D eigenvalue weighted by Crippen LogP contribution is -2.41. The van der Waals surface area contributed by atoms with Crippen molar-refractivity contribution in [3.63, 3.8) is 0 Å². The third-order valence-corrected chi connectivity index (χ3v) is 2.54. The van der Waals surface area contributed by atoms with Crippen molar-refractivity contribution in [1.82, 2.24) is 15.3 Å². The first-order valence-corrected chi connectivity index (χ1v) is 4.98. The molecular weight excluding hydrogens is 178 g/mol. The van der Waals surface area contributed by atoms with Crippen molar-refractivity contribution in [2.45, 2.75) is 25.7 Å². The van der Waals surface area contributed by atoms with E-state index in [0.717, 1.165) is 24.6 Å². The zero-order chi connectivity index (χ0) is 10.1. The summed E-state index contributed by atoms with van der Waals surface area (Å²) in [5, 5.41) is 3.17. The van der Waals surface area contributed by atoms with Gasteiger partial charge in [-0.25, -0.2) is 4.98 Å². The number of nitrogens with zero attached hydrogens (tertiary/aromatic N) is 1. The summed E-state index contributed by atoms with van der Waals surface area (Å²) < 4.78 is 0. The van der Waals surface area contributed by atoms with Crippen molar-refractivity contribution in [1.29, 1.82) is 0 Å². The highest BCUT2D eigenvalue weighted by Gasteiger charge is 2.21. The van der Waals surface area contributed by atoms with E-state index in [0.29, 0.717) is 11.8 Å². The molecule has 1 aromatic heterocycles. The minimum atomic E-state index is -0.0365. The SMILES string of the molecule is CC(C)c1cc(=O)[nH]c(C2CNC2)n1. The molecule has 1 saturated heterocycles. The summed E-state index contributed by atoms with van der Waals surface area (Å²) in [5.41, 5.74) is 0.848. The highest BCUT2D eigenvalue weighted by Crippen LogP contribution is 2.16. The largest absolute Gasteiger partial charge is 0.315 e. The molecule has 0 amide bonds. The van der Waals surface area contributed by atoms with Crippen LogP contribution in [-0.4, -0.2) is 23.1 Å². The molecule has 2 rings (SSSR count). The summed E-state index contributed by atoms with van der Waals surface area (Å²) in [5.74, 6) is 1.53. The molecular formula is C10H15N3O. The van der Waals surface area contributed by atoms with Gasteiger partial charge < -0.3 is 10.3 Å². The summed E-state index contributed by atoms with van der Waals surface area (Å²) in [6.07, 6.45) is 0. The molecule has 0 aliphatic carbocycles. The van der Waals surface area contributed by atoms with Gasteiger partial charge in [0.05, 0.1) is 5.69 Å². The highest BCUT2D eigenvalue weighted by atomic mass is 16.1. The normalized spacial score (nSPS) is 17.1. The summed E-state index contributed by atoms with van der Waals surface area (Å²) in [6.45, 7) is 5.93. The van der Waals surface area contributed by atoms with Crippen LogP contribution in [0.5, 0.6) is 0 Å². The number of aromatic nitrogens is 2. The van der Waals surface area contributed by atoms with Crippen molar-refractivity contribution in [3.8, 4) is 0 Å². The van der Waals surface area contributed by atoms with Gasteiger partial charge in [-0.2, -0.15) is 0 Å². The maximum atomic E-state index is 11.3. The van der Waals surface area contributed by atoms with E-state index in [1.807, 2.05) is 13.8 Å². The first kappa shape index (κ1) is 9.40. The fourth-order valence-electron chi connectivity index (χ4n) is 1.47. The maximum absolute atomic E-state index is 11.3. The van der Waals surface area contributed by atoms with Gasteiger partial charge >= 0.3 is 0 Å². The van der Waals surface area contributed by atoms with E-state index in [-0.39, 0.29) is 5.56 Å². The molecule has 0 saturated carbocycles. The van der Waals surface area contributed by atoms with Crippen molar-refractivity contribution < 1.29 is 0 Å². The fraction of sp³-hybridized carbons (Fsp3) is 0.600. The smallest absolute Gasteiger partial charge is 0.251 e. The fourth-order valence-corrected chi connectivity index (χ4v) is 1.47. The Hall–Kier alpha value is -1.16. The van der Waals surface area contributed by atoms with E-state index in [1.54, 1.807) is 6.07 Å². The number of H-pyrrole nitrogens is 1. The van der Waals surface area contributed by atoms with Crippen LogP contribution in [0, 0.1) is 0 Å². The minimum absolute atomic E-state index is 0.0365. The summed E-state index contributed by atoms with van der Waals surface area (Å²) >= 11 is 0. The zero-order valence-electron chi connectivity index (χ0n) is 8.50. The van der Waals surface area contributed by atoms with Crippen LogP contribution >= 0.6 is 0 Å². The van der Waals surface area contributed by atoms with Crippen LogP contribution in [0.2, 0.25) is 0 Å². The molecule has 0 unspecified atom stereocenters. The van der Waals surface area contributed by atoms with E-state index in [9.17, 15) is 4.79 Å². The van der Waals surface area contributed by atoms with Crippen molar-refractivity contribution in [2.24, 2.45) is 0 Å². The number of rotatable bonds is 2. The monoisotopic (exact) mass is 193 g/mol. The van der Waals surface area contributed by atoms with Crippen molar-refractivity contribution in [3.05, 3.63) is 27.9 Å². The summed E-state index contributed by atoms with van der Waals surface area (Å²) in [4.78, 5) is 18.6. The molecule has 1 aliphatic heterocycles. The second-order valence-electron chi connectivity index (χ2n) is 4.07. The third kappa shape index (κ3) is 1.70. The van der Waals surface area contributed by atoms with Crippen LogP contribution in [0.4, 0.5) is 0 Å². The van der Waals surface area contributed by atoms with Gasteiger partial charge in [0.25, 0.3) is 5.56 Å². The molecule has 0 radical (unpaired) electrons. The van der Waals surface area contributed by atoms with Gasteiger partial charge in [-0.15, -0.1) is 0 Å². The van der Waals surface area contributed by atoms with E-state index < -0.39 is 0 Å². The molecule has 1 fully saturated rings. The lowest BCUT2D eigenvalue weighted by Gasteiger charge is -2.26. The van der Waals surface area contributed by atoms with Gasteiger partial charge in [0.1, 0.15) is 5.82 Å². The molecule has 0 spiro atoms. The molecule has 76 valence electrons. The number of nitrogens with one attached hydrogen (secondary N) is 2. The predicted octanol–water partition coefficient (Wildman–Crippen LogP) is 0.580. The maximum Gasteiger partial charge on any atom is 0.251 e. The van der Waals surface area contributed by atoms with Crippen LogP contribution in [-0.2, 0) is 0 Å². The van der Waals surface area contributed by atoms with Gasteiger partial charge in [0.15, 0.2) is 0 Å².